The molecule has 1 fully saturated rings. The van der Waals surface area contributed by atoms with Gasteiger partial charge in [-0.05, 0) is 12.0 Å². The van der Waals surface area contributed by atoms with Gasteiger partial charge in [0.05, 0.1) is 17.9 Å². The molecule has 2 rings (SSSR count). The van der Waals surface area contributed by atoms with Gasteiger partial charge in [-0.15, -0.1) is 0 Å². The van der Waals surface area contributed by atoms with Gasteiger partial charge in [-0.2, -0.15) is 0 Å². The van der Waals surface area contributed by atoms with Gasteiger partial charge in [0.15, 0.2) is 9.84 Å². The molecule has 0 bridgehead atoms. The normalized spacial score (nSPS) is 20.4. The maximum atomic E-state index is 12.3. The summed E-state index contributed by atoms with van der Waals surface area (Å²) in [6.07, 6.45) is 0.670. The molecule has 0 aromatic heterocycles. The van der Waals surface area contributed by atoms with Crippen molar-refractivity contribution in [1.29, 1.82) is 0 Å². The summed E-state index contributed by atoms with van der Waals surface area (Å²) in [4.78, 5) is 24.2. The van der Waals surface area contributed by atoms with Crippen molar-refractivity contribution in [2.24, 2.45) is 0 Å². The number of ether oxygens (including phenoxy) is 2. The topological polar surface area (TPSA) is 110 Å². The van der Waals surface area contributed by atoms with Gasteiger partial charge < -0.3 is 19.5 Å². The van der Waals surface area contributed by atoms with Crippen LogP contribution in [0.3, 0.4) is 0 Å². The van der Waals surface area contributed by atoms with E-state index in [9.17, 15) is 18.0 Å². The van der Waals surface area contributed by atoms with Gasteiger partial charge >= 0.3 is 12.1 Å². The van der Waals surface area contributed by atoms with Crippen LogP contribution < -0.4 is 0 Å². The van der Waals surface area contributed by atoms with E-state index >= 15 is 0 Å². The van der Waals surface area contributed by atoms with Crippen molar-refractivity contribution in [1.82, 2.24) is 4.90 Å². The van der Waals surface area contributed by atoms with Crippen molar-refractivity contribution >= 4 is 21.9 Å². The number of likely N-dealkylation sites (tertiary alicyclic amines) is 1. The number of hydrogen-bond donors (Lipinski definition) is 1. The number of rotatable bonds is 7. The fourth-order valence-corrected chi connectivity index (χ4v) is 3.65. The summed E-state index contributed by atoms with van der Waals surface area (Å²) in [6.45, 7) is -0.484. The highest BCUT2D eigenvalue weighted by Gasteiger charge is 2.40. The fourth-order valence-electron chi connectivity index (χ4n) is 2.65. The Labute approximate surface area is 146 Å². The maximum Gasteiger partial charge on any atom is 0.410 e. The second-order valence-corrected chi connectivity index (χ2v) is 8.27. The molecular formula is C16H21NO7S. The third-order valence-electron chi connectivity index (χ3n) is 3.96. The van der Waals surface area contributed by atoms with E-state index in [2.05, 4.69) is 0 Å². The van der Waals surface area contributed by atoms with Gasteiger partial charge in [-0.3, -0.25) is 0 Å². The van der Waals surface area contributed by atoms with Crippen LogP contribution in [0.1, 0.15) is 12.0 Å². The zero-order valence-electron chi connectivity index (χ0n) is 13.8. The largest absolute Gasteiger partial charge is 0.480 e. The highest BCUT2D eigenvalue weighted by molar-refractivity contribution is 7.91. The van der Waals surface area contributed by atoms with Crippen LogP contribution in [-0.4, -0.2) is 67.8 Å². The van der Waals surface area contributed by atoms with Gasteiger partial charge in [0.25, 0.3) is 0 Å². The zero-order valence-corrected chi connectivity index (χ0v) is 14.6. The Hall–Kier alpha value is -2.13. The van der Waals surface area contributed by atoms with E-state index in [-0.39, 0.29) is 26.2 Å². The molecule has 8 nitrogen and oxygen atoms in total. The summed E-state index contributed by atoms with van der Waals surface area (Å²) in [5, 5.41) is 7.92. The summed E-state index contributed by atoms with van der Waals surface area (Å²) in [7, 11) is -3.33. The molecule has 0 saturated carbocycles. The summed E-state index contributed by atoms with van der Waals surface area (Å²) < 4.78 is 33.9. The lowest BCUT2D eigenvalue weighted by atomic mass is 10.2. The number of sulfone groups is 1. The Kier molecular flexibility index (Phi) is 6.38. The third-order valence-corrected chi connectivity index (χ3v) is 5.51. The number of carbonyl (C=O) groups is 2. The van der Waals surface area contributed by atoms with Gasteiger partial charge in [0.2, 0.25) is 0 Å². The van der Waals surface area contributed by atoms with Gasteiger partial charge in [-0.25, -0.2) is 18.0 Å². The fraction of sp³-hybridized carbons (Fsp3) is 0.500. The molecule has 1 N–H and O–H groups in total. The third kappa shape index (κ3) is 5.71. The number of aliphatic carboxylic acids is 1. The van der Waals surface area contributed by atoms with Crippen LogP contribution in [0.4, 0.5) is 4.79 Å². The zero-order chi connectivity index (χ0) is 18.4. The van der Waals surface area contributed by atoms with E-state index in [0.29, 0.717) is 0 Å². The second kappa shape index (κ2) is 8.30. The van der Waals surface area contributed by atoms with Crippen LogP contribution in [0.25, 0.3) is 0 Å². The average molecular weight is 371 g/mol. The quantitative estimate of drug-likeness (QED) is 0.758. The lowest BCUT2D eigenvalue weighted by molar-refractivity contribution is -0.142. The summed E-state index contributed by atoms with van der Waals surface area (Å²) in [5.74, 6) is -1.13. The molecule has 1 amide bonds. The number of carboxylic acid groups (broad SMARTS) is 1. The summed E-state index contributed by atoms with van der Waals surface area (Å²) in [5.41, 5.74) is 0.813. The molecule has 138 valence electrons. The predicted octanol–water partition coefficient (Wildman–Crippen LogP) is 0.912. The van der Waals surface area contributed by atoms with Crippen molar-refractivity contribution in [3.8, 4) is 0 Å². The molecule has 1 heterocycles. The average Bonchev–Trinajstić information content (AvgIpc) is 2.98. The highest BCUT2D eigenvalue weighted by Crippen LogP contribution is 2.24. The maximum absolute atomic E-state index is 12.3. The minimum Gasteiger partial charge on any atom is -0.480 e. The molecule has 25 heavy (non-hydrogen) atoms. The van der Waals surface area contributed by atoms with Crippen molar-refractivity contribution in [3.63, 3.8) is 0 Å². The van der Waals surface area contributed by atoms with E-state index in [1.54, 1.807) is 0 Å². The molecule has 0 spiro atoms. The van der Waals surface area contributed by atoms with Crippen LogP contribution >= 0.6 is 0 Å². The number of carbonyl (C=O) groups excluding carboxylic acids is 1. The van der Waals surface area contributed by atoms with E-state index in [1.165, 1.54) is 4.90 Å². The van der Waals surface area contributed by atoms with Crippen LogP contribution in [0, 0.1) is 0 Å². The minimum absolute atomic E-state index is 0.00749. The minimum atomic E-state index is -3.33. The Bertz CT molecular complexity index is 704. The molecule has 1 aromatic rings. The molecule has 1 saturated heterocycles. The van der Waals surface area contributed by atoms with Gasteiger partial charge in [-0.1, -0.05) is 30.3 Å². The first-order valence-corrected chi connectivity index (χ1v) is 9.68. The number of nitrogens with zero attached hydrogens (tertiary/aromatic N) is 1. The first-order valence-electron chi connectivity index (χ1n) is 7.73. The number of benzene rings is 1. The van der Waals surface area contributed by atoms with Crippen LogP contribution in [0.5, 0.6) is 0 Å². The molecule has 0 unspecified atom stereocenters. The molecule has 0 aliphatic carbocycles. The first-order chi connectivity index (χ1) is 11.8. The Morgan fingerprint density at radius 2 is 1.96 bits per heavy atom. The first kappa shape index (κ1) is 19.2. The standard InChI is InChI=1S/C16H21NO7S/c1-25(21,22)14-7-13(10-23-11-15(18)19)17(8-14)16(20)24-9-12-5-3-2-4-6-12/h2-6,13-14H,7-11H2,1H3,(H,18,19)/t13-,14+/m0/s1. The molecule has 0 radical (unpaired) electrons. The highest BCUT2D eigenvalue weighted by atomic mass is 32.2. The van der Waals surface area contributed by atoms with E-state index in [4.69, 9.17) is 14.6 Å². The molecular weight excluding hydrogens is 350 g/mol. The molecule has 1 aliphatic rings. The van der Waals surface area contributed by atoms with E-state index < -0.39 is 39.8 Å². The molecule has 1 aliphatic heterocycles. The van der Waals surface area contributed by atoms with Crippen molar-refractivity contribution < 1.29 is 32.6 Å². The van der Waals surface area contributed by atoms with Crippen molar-refractivity contribution in [2.45, 2.75) is 24.3 Å². The van der Waals surface area contributed by atoms with Crippen molar-refractivity contribution in [2.75, 3.05) is 26.0 Å². The van der Waals surface area contributed by atoms with Crippen molar-refractivity contribution in [3.05, 3.63) is 35.9 Å². The lowest BCUT2D eigenvalue weighted by Crippen LogP contribution is -2.39. The van der Waals surface area contributed by atoms with E-state index in [0.717, 1.165) is 11.8 Å². The van der Waals surface area contributed by atoms with Crippen LogP contribution in [0.2, 0.25) is 0 Å². The molecule has 9 heteroatoms. The number of amides is 1. The van der Waals surface area contributed by atoms with Gasteiger partial charge in [0, 0.05) is 12.8 Å². The Balaban J connectivity index is 1.99. The molecule has 1 aromatic carbocycles. The summed E-state index contributed by atoms with van der Waals surface area (Å²) >= 11 is 0. The Morgan fingerprint density at radius 1 is 1.28 bits per heavy atom. The van der Waals surface area contributed by atoms with E-state index in [1.807, 2.05) is 30.3 Å². The number of carboxylic acids is 1. The van der Waals surface area contributed by atoms with Crippen LogP contribution in [0.15, 0.2) is 30.3 Å². The predicted molar refractivity (Wildman–Crippen MR) is 88.8 cm³/mol. The smallest absolute Gasteiger partial charge is 0.410 e. The number of hydrogen-bond acceptors (Lipinski definition) is 6. The SMILES string of the molecule is CS(=O)(=O)[C@@H]1C[C@@H](COCC(=O)O)N(C(=O)OCc2ccccc2)C1. The van der Waals surface area contributed by atoms with Crippen LogP contribution in [-0.2, 0) is 30.7 Å². The summed E-state index contributed by atoms with van der Waals surface area (Å²) in [6, 6.07) is 8.57. The Morgan fingerprint density at radius 3 is 2.56 bits per heavy atom. The molecule has 2 atom stereocenters. The monoisotopic (exact) mass is 371 g/mol. The lowest BCUT2D eigenvalue weighted by Gasteiger charge is -2.23. The second-order valence-electron chi connectivity index (χ2n) is 5.94. The van der Waals surface area contributed by atoms with Gasteiger partial charge in [0.1, 0.15) is 13.2 Å².